The molecule has 156 valence electrons. The molecule has 28 heavy (non-hydrogen) atoms. The van der Waals surface area contributed by atoms with E-state index >= 15 is 0 Å². The monoisotopic (exact) mass is 498 g/mol. The Kier molecular flexibility index (Phi) is 10.0. The fraction of sp³-hybridized carbons (Fsp3) is 0.667. The molecule has 2 aromatic heterocycles. The first-order valence-electron chi connectivity index (χ1n) is 10.6. The van der Waals surface area contributed by atoms with Crippen molar-refractivity contribution >= 4 is 35.6 Å². The van der Waals surface area contributed by atoms with E-state index in [-0.39, 0.29) is 24.0 Å². The number of halogens is 1. The number of nitrogens with one attached hydrogen (secondary N) is 2. The van der Waals surface area contributed by atoms with Crippen molar-refractivity contribution in [2.75, 3.05) is 13.1 Å². The van der Waals surface area contributed by atoms with Crippen LogP contribution in [0, 0.1) is 5.92 Å². The maximum absolute atomic E-state index is 4.74. The molecule has 0 aromatic carbocycles. The summed E-state index contributed by atoms with van der Waals surface area (Å²) in [6.45, 7) is 5.94. The maximum Gasteiger partial charge on any atom is 0.191 e. The van der Waals surface area contributed by atoms with Crippen molar-refractivity contribution in [3.63, 3.8) is 0 Å². The fourth-order valence-electron chi connectivity index (χ4n) is 3.92. The van der Waals surface area contributed by atoms with Crippen molar-refractivity contribution in [1.82, 2.24) is 25.2 Å². The lowest BCUT2D eigenvalue weighted by Gasteiger charge is -2.24. The minimum atomic E-state index is 0. The van der Waals surface area contributed by atoms with Gasteiger partial charge in [0, 0.05) is 31.7 Å². The van der Waals surface area contributed by atoms with Crippen LogP contribution in [0.2, 0.25) is 0 Å². The quantitative estimate of drug-likeness (QED) is 0.326. The highest BCUT2D eigenvalue weighted by Crippen LogP contribution is 2.27. The van der Waals surface area contributed by atoms with Crippen molar-refractivity contribution < 1.29 is 0 Å². The predicted octanol–water partition coefficient (Wildman–Crippen LogP) is 4.19. The van der Waals surface area contributed by atoms with Gasteiger partial charge in [-0.3, -0.25) is 9.39 Å². The van der Waals surface area contributed by atoms with E-state index in [1.54, 1.807) is 0 Å². The zero-order chi connectivity index (χ0) is 18.9. The van der Waals surface area contributed by atoms with Gasteiger partial charge in [0.2, 0.25) is 0 Å². The van der Waals surface area contributed by atoms with Gasteiger partial charge in [-0.05, 0) is 44.7 Å². The third-order valence-corrected chi connectivity index (χ3v) is 5.45. The van der Waals surface area contributed by atoms with E-state index in [2.05, 4.69) is 34.7 Å². The number of aromatic nitrogens is 3. The van der Waals surface area contributed by atoms with E-state index in [0.717, 1.165) is 36.3 Å². The molecular formula is C21H35IN6. The average molecular weight is 498 g/mol. The first kappa shape index (κ1) is 22.9. The van der Waals surface area contributed by atoms with Gasteiger partial charge < -0.3 is 10.6 Å². The summed E-state index contributed by atoms with van der Waals surface area (Å²) in [5.74, 6) is 2.79. The number of hydrogen-bond acceptors (Lipinski definition) is 3. The minimum Gasteiger partial charge on any atom is -0.357 e. The summed E-state index contributed by atoms with van der Waals surface area (Å²) in [7, 11) is 0. The predicted molar refractivity (Wildman–Crippen MR) is 126 cm³/mol. The Labute approximate surface area is 186 Å². The highest BCUT2D eigenvalue weighted by Gasteiger charge is 2.15. The zero-order valence-electron chi connectivity index (χ0n) is 17.2. The molecule has 0 aliphatic heterocycles. The lowest BCUT2D eigenvalue weighted by atomic mass is 9.85. The molecule has 1 unspecified atom stereocenters. The Morgan fingerprint density at radius 1 is 1.25 bits per heavy atom. The molecule has 0 bridgehead atoms. The van der Waals surface area contributed by atoms with Crippen LogP contribution >= 0.6 is 24.0 Å². The molecule has 7 heteroatoms. The van der Waals surface area contributed by atoms with Gasteiger partial charge in [-0.1, -0.05) is 38.2 Å². The smallest absolute Gasteiger partial charge is 0.191 e. The summed E-state index contributed by atoms with van der Waals surface area (Å²) in [6, 6.07) is 6.40. The number of aliphatic imine (C=N–C) groups is 1. The van der Waals surface area contributed by atoms with Crippen LogP contribution in [0.4, 0.5) is 0 Å². The van der Waals surface area contributed by atoms with Gasteiger partial charge in [0.25, 0.3) is 0 Å². The van der Waals surface area contributed by atoms with E-state index in [1.807, 2.05) is 28.8 Å². The number of fused-ring (bicyclic) bond motifs is 1. The van der Waals surface area contributed by atoms with Crippen molar-refractivity contribution in [2.24, 2.45) is 10.9 Å². The topological polar surface area (TPSA) is 66.6 Å². The summed E-state index contributed by atoms with van der Waals surface area (Å²) in [6.07, 6.45) is 12.5. The molecule has 0 spiro atoms. The lowest BCUT2D eigenvalue weighted by Crippen LogP contribution is -2.42. The molecule has 1 fully saturated rings. The summed E-state index contributed by atoms with van der Waals surface area (Å²) in [4.78, 5) is 4.74. The maximum atomic E-state index is 4.74. The Morgan fingerprint density at radius 3 is 2.86 bits per heavy atom. The summed E-state index contributed by atoms with van der Waals surface area (Å²) >= 11 is 0. The molecule has 2 heterocycles. The van der Waals surface area contributed by atoms with Gasteiger partial charge in [0.05, 0.1) is 0 Å². The van der Waals surface area contributed by atoms with Crippen LogP contribution in [0.15, 0.2) is 29.4 Å². The molecular weight excluding hydrogens is 463 g/mol. The van der Waals surface area contributed by atoms with Crippen molar-refractivity contribution in [3.05, 3.63) is 30.2 Å². The largest absolute Gasteiger partial charge is 0.357 e. The fourth-order valence-corrected chi connectivity index (χ4v) is 3.92. The number of nitrogens with zero attached hydrogens (tertiary/aromatic N) is 4. The van der Waals surface area contributed by atoms with E-state index in [1.165, 1.54) is 44.9 Å². The number of rotatable bonds is 8. The Morgan fingerprint density at radius 2 is 2.07 bits per heavy atom. The molecule has 0 saturated heterocycles. The van der Waals surface area contributed by atoms with Crippen LogP contribution < -0.4 is 10.6 Å². The standard InChI is InChI=1S/C21H34N6.HI/c1-3-22-21(24-17(2)12-13-18-9-5-4-6-10-18)23-15-14-20-26-25-19-11-7-8-16-27(19)20;/h7-8,11,16-18H,3-6,9-10,12-15H2,1-2H3,(H2,22,23,24);1H. The molecule has 1 atom stereocenters. The molecule has 6 nitrogen and oxygen atoms in total. The number of pyridine rings is 1. The van der Waals surface area contributed by atoms with Crippen molar-refractivity contribution in [1.29, 1.82) is 0 Å². The average Bonchev–Trinajstić information content (AvgIpc) is 3.11. The van der Waals surface area contributed by atoms with Gasteiger partial charge in [-0.25, -0.2) is 0 Å². The van der Waals surface area contributed by atoms with Crippen LogP contribution in [0.3, 0.4) is 0 Å². The van der Waals surface area contributed by atoms with Gasteiger partial charge in [-0.2, -0.15) is 0 Å². The summed E-state index contributed by atoms with van der Waals surface area (Å²) in [5.41, 5.74) is 0.887. The highest BCUT2D eigenvalue weighted by atomic mass is 127. The molecule has 1 aliphatic carbocycles. The minimum absolute atomic E-state index is 0. The normalized spacial score (nSPS) is 16.6. The molecule has 1 aliphatic rings. The molecule has 2 aromatic rings. The highest BCUT2D eigenvalue weighted by molar-refractivity contribution is 14.0. The molecule has 3 rings (SSSR count). The van der Waals surface area contributed by atoms with Crippen LogP contribution in [0.1, 0.15) is 64.6 Å². The van der Waals surface area contributed by atoms with Crippen LogP contribution in [-0.4, -0.2) is 39.7 Å². The summed E-state index contributed by atoms with van der Waals surface area (Å²) in [5, 5.41) is 15.4. The molecule has 0 amide bonds. The third-order valence-electron chi connectivity index (χ3n) is 5.45. The van der Waals surface area contributed by atoms with Crippen LogP contribution in [-0.2, 0) is 6.42 Å². The van der Waals surface area contributed by atoms with Crippen molar-refractivity contribution in [2.45, 2.75) is 71.3 Å². The Hall–Kier alpha value is -1.38. The van der Waals surface area contributed by atoms with Gasteiger partial charge >= 0.3 is 0 Å². The van der Waals surface area contributed by atoms with Gasteiger partial charge in [0.15, 0.2) is 11.6 Å². The molecule has 2 N–H and O–H groups in total. The lowest BCUT2D eigenvalue weighted by molar-refractivity contribution is 0.322. The van der Waals surface area contributed by atoms with E-state index in [9.17, 15) is 0 Å². The second kappa shape index (κ2) is 12.2. The van der Waals surface area contributed by atoms with E-state index in [4.69, 9.17) is 4.99 Å². The Balaban J connectivity index is 0.00000280. The second-order valence-corrected chi connectivity index (χ2v) is 7.68. The first-order chi connectivity index (χ1) is 13.3. The van der Waals surface area contributed by atoms with E-state index in [0.29, 0.717) is 12.6 Å². The first-order valence-corrected chi connectivity index (χ1v) is 10.6. The van der Waals surface area contributed by atoms with Crippen LogP contribution in [0.25, 0.3) is 5.65 Å². The Bertz CT molecular complexity index is 723. The van der Waals surface area contributed by atoms with Crippen LogP contribution in [0.5, 0.6) is 0 Å². The number of guanidine groups is 1. The van der Waals surface area contributed by atoms with Gasteiger partial charge in [0.1, 0.15) is 5.82 Å². The molecule has 1 saturated carbocycles. The zero-order valence-corrected chi connectivity index (χ0v) is 19.6. The second-order valence-electron chi connectivity index (χ2n) is 7.68. The summed E-state index contributed by atoms with van der Waals surface area (Å²) < 4.78 is 2.03. The number of hydrogen-bond donors (Lipinski definition) is 2. The van der Waals surface area contributed by atoms with E-state index < -0.39 is 0 Å². The third kappa shape index (κ3) is 6.90. The SMILES string of the molecule is CCNC(=NCCc1nnc2ccccn12)NC(C)CCC1CCCCC1.I. The molecule has 0 radical (unpaired) electrons. The van der Waals surface area contributed by atoms with Gasteiger partial charge in [-0.15, -0.1) is 34.2 Å². The van der Waals surface area contributed by atoms with Crippen molar-refractivity contribution in [3.8, 4) is 0 Å².